The van der Waals surface area contributed by atoms with Crippen molar-refractivity contribution >= 4 is 5.78 Å². The molecule has 2 rings (SSSR count). The van der Waals surface area contributed by atoms with Gasteiger partial charge in [0.05, 0.1) is 0 Å². The molecule has 1 aliphatic carbocycles. The van der Waals surface area contributed by atoms with E-state index in [2.05, 4.69) is 18.7 Å². The fourth-order valence-electron chi connectivity index (χ4n) is 3.51. The van der Waals surface area contributed by atoms with Crippen LogP contribution in [0.25, 0.3) is 0 Å². The van der Waals surface area contributed by atoms with Crippen LogP contribution in [0.2, 0.25) is 0 Å². The number of carbonyl (C=O) groups is 1. The van der Waals surface area contributed by atoms with Crippen molar-refractivity contribution in [3.63, 3.8) is 0 Å². The highest BCUT2D eigenvalue weighted by atomic mass is 16.1. The van der Waals surface area contributed by atoms with Crippen LogP contribution in [0.3, 0.4) is 0 Å². The molecule has 0 amide bonds. The van der Waals surface area contributed by atoms with Crippen molar-refractivity contribution in [3.05, 3.63) is 0 Å². The summed E-state index contributed by atoms with van der Waals surface area (Å²) >= 11 is 0. The topological polar surface area (TPSA) is 20.3 Å². The highest BCUT2D eigenvalue weighted by molar-refractivity contribution is 5.82. The van der Waals surface area contributed by atoms with Crippen molar-refractivity contribution in [2.24, 2.45) is 17.8 Å². The molecule has 0 aromatic rings. The van der Waals surface area contributed by atoms with Gasteiger partial charge in [0.15, 0.2) is 0 Å². The standard InChI is InChI=1S/C14H25NO/c1-11-8-12(2)10-15(9-11)7-6-13-4-3-5-14(13)16/h11-13H,3-10H2,1-2H3. The summed E-state index contributed by atoms with van der Waals surface area (Å²) in [6.07, 6.45) is 5.61. The molecule has 0 aromatic carbocycles. The van der Waals surface area contributed by atoms with E-state index in [0.29, 0.717) is 11.7 Å². The summed E-state index contributed by atoms with van der Waals surface area (Å²) < 4.78 is 0. The number of Topliss-reactive ketones (excluding diaryl/α,β-unsaturated/α-hetero) is 1. The Kier molecular flexibility index (Phi) is 4.01. The molecule has 92 valence electrons. The maximum absolute atomic E-state index is 11.6. The molecule has 1 saturated heterocycles. The van der Waals surface area contributed by atoms with Crippen LogP contribution < -0.4 is 0 Å². The van der Waals surface area contributed by atoms with E-state index in [-0.39, 0.29) is 0 Å². The van der Waals surface area contributed by atoms with Crippen molar-refractivity contribution in [2.45, 2.75) is 46.0 Å². The number of piperidine rings is 1. The molecule has 0 spiro atoms. The molecule has 2 fully saturated rings. The summed E-state index contributed by atoms with van der Waals surface area (Å²) in [6.45, 7) is 8.33. The SMILES string of the molecule is CC1CC(C)CN(CCC2CCCC2=O)C1. The zero-order valence-corrected chi connectivity index (χ0v) is 10.7. The maximum atomic E-state index is 11.6. The Morgan fingerprint density at radius 2 is 1.94 bits per heavy atom. The number of hydrogen-bond acceptors (Lipinski definition) is 2. The Hall–Kier alpha value is -0.370. The second-order valence-corrected chi connectivity index (χ2v) is 6.05. The third kappa shape index (κ3) is 3.07. The highest BCUT2D eigenvalue weighted by Crippen LogP contribution is 2.26. The van der Waals surface area contributed by atoms with Gasteiger partial charge in [0.1, 0.15) is 5.78 Å². The molecule has 3 unspecified atom stereocenters. The summed E-state index contributed by atoms with van der Waals surface area (Å²) in [4.78, 5) is 14.1. The molecule has 1 aliphatic heterocycles. The van der Waals surface area contributed by atoms with Crippen LogP contribution in [0.1, 0.15) is 46.0 Å². The minimum absolute atomic E-state index is 0.396. The van der Waals surface area contributed by atoms with E-state index in [1.54, 1.807) is 0 Å². The van der Waals surface area contributed by atoms with Crippen molar-refractivity contribution in [2.75, 3.05) is 19.6 Å². The van der Waals surface area contributed by atoms with Gasteiger partial charge < -0.3 is 4.90 Å². The molecule has 2 aliphatic rings. The lowest BCUT2D eigenvalue weighted by molar-refractivity contribution is -0.120. The number of nitrogens with zero attached hydrogens (tertiary/aromatic N) is 1. The molecule has 16 heavy (non-hydrogen) atoms. The number of carbonyl (C=O) groups excluding carboxylic acids is 1. The second-order valence-electron chi connectivity index (χ2n) is 6.05. The van der Waals surface area contributed by atoms with Crippen molar-refractivity contribution in [3.8, 4) is 0 Å². The monoisotopic (exact) mass is 223 g/mol. The lowest BCUT2D eigenvalue weighted by Crippen LogP contribution is -2.39. The summed E-state index contributed by atoms with van der Waals surface area (Å²) in [7, 11) is 0. The molecule has 2 heteroatoms. The van der Waals surface area contributed by atoms with Gasteiger partial charge in [-0.05, 0) is 44.1 Å². The Labute approximate surface area is 99.4 Å². The van der Waals surface area contributed by atoms with Gasteiger partial charge in [-0.3, -0.25) is 4.79 Å². The van der Waals surface area contributed by atoms with Gasteiger partial charge in [0.25, 0.3) is 0 Å². The first kappa shape index (κ1) is 12.1. The fourth-order valence-corrected chi connectivity index (χ4v) is 3.51. The molecule has 0 aromatic heterocycles. The molecule has 1 saturated carbocycles. The molecule has 0 radical (unpaired) electrons. The molecule has 1 heterocycles. The first-order chi connectivity index (χ1) is 7.65. The predicted octanol–water partition coefficient (Wildman–Crippen LogP) is 2.72. The van der Waals surface area contributed by atoms with Gasteiger partial charge in [-0.1, -0.05) is 13.8 Å². The Bertz CT molecular complexity index is 241. The molecule has 3 atom stereocenters. The van der Waals surface area contributed by atoms with E-state index in [1.807, 2.05) is 0 Å². The summed E-state index contributed by atoms with van der Waals surface area (Å²) in [6, 6.07) is 0. The van der Waals surface area contributed by atoms with E-state index in [4.69, 9.17) is 0 Å². The quantitative estimate of drug-likeness (QED) is 0.733. The normalized spacial score (nSPS) is 36.9. The molecular formula is C14H25NO. The molecule has 0 N–H and O–H groups in total. The van der Waals surface area contributed by atoms with Gasteiger partial charge in [0, 0.05) is 25.4 Å². The van der Waals surface area contributed by atoms with Gasteiger partial charge in [-0.25, -0.2) is 0 Å². The van der Waals surface area contributed by atoms with Crippen LogP contribution in [0, 0.1) is 17.8 Å². The third-order valence-corrected chi connectivity index (χ3v) is 4.17. The zero-order valence-electron chi connectivity index (χ0n) is 10.7. The van der Waals surface area contributed by atoms with Crippen LogP contribution in [0.15, 0.2) is 0 Å². The van der Waals surface area contributed by atoms with Gasteiger partial charge in [-0.2, -0.15) is 0 Å². The lowest BCUT2D eigenvalue weighted by Gasteiger charge is -2.35. The highest BCUT2D eigenvalue weighted by Gasteiger charge is 2.26. The van der Waals surface area contributed by atoms with E-state index >= 15 is 0 Å². The van der Waals surface area contributed by atoms with E-state index in [9.17, 15) is 4.79 Å². The zero-order chi connectivity index (χ0) is 11.5. The average Bonchev–Trinajstić information content (AvgIpc) is 2.59. The first-order valence-corrected chi connectivity index (χ1v) is 6.90. The fraction of sp³-hybridized carbons (Fsp3) is 0.929. The van der Waals surface area contributed by atoms with Crippen LogP contribution in [-0.2, 0) is 4.79 Å². The van der Waals surface area contributed by atoms with Crippen LogP contribution in [0.5, 0.6) is 0 Å². The van der Waals surface area contributed by atoms with Crippen molar-refractivity contribution in [1.82, 2.24) is 4.90 Å². The summed E-state index contributed by atoms with van der Waals surface area (Å²) in [5, 5.41) is 0. The average molecular weight is 223 g/mol. The second kappa shape index (κ2) is 5.31. The van der Waals surface area contributed by atoms with Gasteiger partial charge in [-0.15, -0.1) is 0 Å². The Morgan fingerprint density at radius 3 is 2.50 bits per heavy atom. The summed E-state index contributed by atoms with van der Waals surface area (Å²) in [5.41, 5.74) is 0. The van der Waals surface area contributed by atoms with Gasteiger partial charge in [0.2, 0.25) is 0 Å². The third-order valence-electron chi connectivity index (χ3n) is 4.17. The van der Waals surface area contributed by atoms with E-state index < -0.39 is 0 Å². The molecule has 0 bridgehead atoms. The smallest absolute Gasteiger partial charge is 0.136 e. The van der Waals surface area contributed by atoms with Crippen LogP contribution in [-0.4, -0.2) is 30.3 Å². The molecule has 2 nitrogen and oxygen atoms in total. The van der Waals surface area contributed by atoms with Crippen molar-refractivity contribution < 1.29 is 4.79 Å². The molecular weight excluding hydrogens is 198 g/mol. The Morgan fingerprint density at radius 1 is 1.25 bits per heavy atom. The lowest BCUT2D eigenvalue weighted by atomic mass is 9.91. The summed E-state index contributed by atoms with van der Waals surface area (Å²) in [5.74, 6) is 2.59. The number of ketones is 1. The predicted molar refractivity (Wildman–Crippen MR) is 66.4 cm³/mol. The maximum Gasteiger partial charge on any atom is 0.136 e. The largest absolute Gasteiger partial charge is 0.303 e. The minimum Gasteiger partial charge on any atom is -0.303 e. The van der Waals surface area contributed by atoms with E-state index in [0.717, 1.165) is 44.1 Å². The van der Waals surface area contributed by atoms with E-state index in [1.165, 1.54) is 19.5 Å². The first-order valence-electron chi connectivity index (χ1n) is 6.90. The minimum atomic E-state index is 0.396. The van der Waals surface area contributed by atoms with Gasteiger partial charge >= 0.3 is 0 Å². The Balaban J connectivity index is 1.74. The van der Waals surface area contributed by atoms with Crippen LogP contribution >= 0.6 is 0 Å². The number of likely N-dealkylation sites (tertiary alicyclic amines) is 1. The van der Waals surface area contributed by atoms with Crippen LogP contribution in [0.4, 0.5) is 0 Å². The van der Waals surface area contributed by atoms with Crippen molar-refractivity contribution in [1.29, 1.82) is 0 Å². The number of rotatable bonds is 3. The number of hydrogen-bond donors (Lipinski definition) is 0.